The Kier molecular flexibility index (Phi) is 1.40. The molecule has 4 heteroatoms. The molecule has 0 fully saturated rings. The van der Waals surface area contributed by atoms with Gasteiger partial charge in [0, 0.05) is 13.2 Å². The Labute approximate surface area is 52.3 Å². The number of carboxylic acid groups (broad SMARTS) is 1. The van der Waals surface area contributed by atoms with Crippen molar-refractivity contribution in [1.29, 1.82) is 0 Å². The second kappa shape index (κ2) is 2.06. The zero-order valence-electron chi connectivity index (χ0n) is 5.00. The largest absolute Gasteiger partial charge is 0.478 e. The third-order valence-electron chi connectivity index (χ3n) is 1.04. The van der Waals surface area contributed by atoms with Crippen LogP contribution in [-0.2, 0) is 9.63 Å². The van der Waals surface area contributed by atoms with Crippen molar-refractivity contribution in [2.45, 2.75) is 0 Å². The highest BCUT2D eigenvalue weighted by Crippen LogP contribution is 2.06. The van der Waals surface area contributed by atoms with Crippen LogP contribution in [0.15, 0.2) is 11.8 Å². The summed E-state index contributed by atoms with van der Waals surface area (Å²) in [6.45, 7) is 0.172. The quantitative estimate of drug-likeness (QED) is 0.534. The van der Waals surface area contributed by atoms with E-state index in [0.717, 1.165) is 0 Å². The lowest BCUT2D eigenvalue weighted by molar-refractivity contribution is -0.133. The number of aliphatic carboxylic acids is 1. The highest BCUT2D eigenvalue weighted by atomic mass is 16.7. The molecule has 0 aromatic carbocycles. The topological polar surface area (TPSA) is 49.8 Å². The molecular weight excluding hydrogens is 122 g/mol. The second-order valence-corrected chi connectivity index (χ2v) is 1.78. The lowest BCUT2D eigenvalue weighted by Gasteiger charge is -2.02. The van der Waals surface area contributed by atoms with Crippen molar-refractivity contribution in [3.8, 4) is 0 Å². The third kappa shape index (κ3) is 1.20. The fraction of sp³-hybridized carbons (Fsp3) is 0.400. The van der Waals surface area contributed by atoms with Crippen molar-refractivity contribution in [2.24, 2.45) is 0 Å². The molecule has 0 aliphatic carbocycles. The van der Waals surface area contributed by atoms with Crippen molar-refractivity contribution in [3.05, 3.63) is 11.8 Å². The van der Waals surface area contributed by atoms with Crippen LogP contribution in [0.4, 0.5) is 0 Å². The first-order valence-electron chi connectivity index (χ1n) is 2.50. The zero-order valence-corrected chi connectivity index (χ0v) is 5.00. The van der Waals surface area contributed by atoms with E-state index in [-0.39, 0.29) is 12.2 Å². The molecule has 0 amide bonds. The van der Waals surface area contributed by atoms with E-state index < -0.39 is 5.97 Å². The Morgan fingerprint density at radius 3 is 2.89 bits per heavy atom. The summed E-state index contributed by atoms with van der Waals surface area (Å²) < 4.78 is 0. The molecule has 1 heterocycles. The van der Waals surface area contributed by atoms with Gasteiger partial charge in [-0.1, -0.05) is 0 Å². The molecule has 0 atom stereocenters. The lowest BCUT2D eigenvalue weighted by Crippen LogP contribution is -2.04. The summed E-state index contributed by atoms with van der Waals surface area (Å²) in [5.74, 6) is -0.917. The molecule has 0 aromatic rings. The van der Waals surface area contributed by atoms with Crippen molar-refractivity contribution in [3.63, 3.8) is 0 Å². The highest BCUT2D eigenvalue weighted by Gasteiger charge is 2.15. The number of hydrogen-bond acceptors (Lipinski definition) is 3. The summed E-state index contributed by atoms with van der Waals surface area (Å²) in [7, 11) is 1.65. The molecule has 1 N–H and O–H groups in total. The summed E-state index contributed by atoms with van der Waals surface area (Å²) >= 11 is 0. The van der Waals surface area contributed by atoms with Gasteiger partial charge in [-0.2, -0.15) is 0 Å². The molecule has 0 radical (unpaired) electrons. The Morgan fingerprint density at radius 2 is 2.67 bits per heavy atom. The number of hydrogen-bond donors (Lipinski definition) is 1. The molecule has 0 spiro atoms. The average molecular weight is 129 g/mol. The Bertz CT molecular complexity index is 164. The van der Waals surface area contributed by atoms with Gasteiger partial charge in [-0.3, -0.25) is 9.90 Å². The van der Waals surface area contributed by atoms with Gasteiger partial charge in [-0.05, 0) is 0 Å². The van der Waals surface area contributed by atoms with E-state index >= 15 is 0 Å². The summed E-state index contributed by atoms with van der Waals surface area (Å²) in [5, 5.41) is 9.73. The first kappa shape index (κ1) is 6.10. The maximum Gasteiger partial charge on any atom is 0.335 e. The molecule has 1 aliphatic rings. The van der Waals surface area contributed by atoms with Crippen LogP contribution in [-0.4, -0.2) is 29.8 Å². The predicted molar refractivity (Wildman–Crippen MR) is 29.4 cm³/mol. The number of carbonyl (C=O) groups is 1. The predicted octanol–water partition coefficient (Wildman–Crippen LogP) is -0.168. The van der Waals surface area contributed by atoms with Gasteiger partial charge in [0.05, 0.1) is 5.57 Å². The van der Waals surface area contributed by atoms with Gasteiger partial charge in [0.2, 0.25) is 0 Å². The van der Waals surface area contributed by atoms with E-state index in [0.29, 0.717) is 0 Å². The van der Waals surface area contributed by atoms with Crippen LogP contribution in [0.1, 0.15) is 0 Å². The Morgan fingerprint density at radius 1 is 2.00 bits per heavy atom. The van der Waals surface area contributed by atoms with E-state index in [2.05, 4.69) is 0 Å². The van der Waals surface area contributed by atoms with Crippen molar-refractivity contribution >= 4 is 5.97 Å². The minimum absolute atomic E-state index is 0.172. The van der Waals surface area contributed by atoms with Gasteiger partial charge in [-0.15, -0.1) is 0 Å². The van der Waals surface area contributed by atoms with Crippen LogP contribution in [0.5, 0.6) is 0 Å². The van der Waals surface area contributed by atoms with Gasteiger partial charge < -0.3 is 5.11 Å². The van der Waals surface area contributed by atoms with Crippen LogP contribution in [0.2, 0.25) is 0 Å². The van der Waals surface area contributed by atoms with E-state index in [1.54, 1.807) is 7.05 Å². The molecule has 1 aliphatic heterocycles. The van der Waals surface area contributed by atoms with Crippen LogP contribution < -0.4 is 0 Å². The first-order chi connectivity index (χ1) is 4.20. The minimum atomic E-state index is -0.917. The van der Waals surface area contributed by atoms with Gasteiger partial charge in [-0.25, -0.2) is 4.79 Å². The van der Waals surface area contributed by atoms with Gasteiger partial charge in [0.15, 0.2) is 0 Å². The molecule has 0 aromatic heterocycles. The Hall–Kier alpha value is -1.03. The normalized spacial score (nSPS) is 17.9. The second-order valence-electron chi connectivity index (χ2n) is 1.78. The van der Waals surface area contributed by atoms with Crippen LogP contribution in [0.25, 0.3) is 0 Å². The molecule has 0 unspecified atom stereocenters. The summed E-state index contributed by atoms with van der Waals surface area (Å²) in [4.78, 5) is 15.0. The Balaban J connectivity index is 2.62. The van der Waals surface area contributed by atoms with Crippen LogP contribution in [0, 0.1) is 0 Å². The standard InChI is InChI=1S/C5H7NO3/c1-6-2-4(3-9-6)5(7)8/h2H,3H2,1H3,(H,7,8). The van der Waals surface area contributed by atoms with Crippen molar-refractivity contribution in [2.75, 3.05) is 13.7 Å². The molecule has 0 saturated carbocycles. The molecule has 0 bridgehead atoms. The van der Waals surface area contributed by atoms with Gasteiger partial charge >= 0.3 is 5.97 Å². The number of hydroxylamine groups is 2. The fourth-order valence-corrected chi connectivity index (χ4v) is 0.582. The molecule has 0 saturated heterocycles. The van der Waals surface area contributed by atoms with E-state index in [4.69, 9.17) is 9.94 Å². The monoisotopic (exact) mass is 129 g/mol. The third-order valence-corrected chi connectivity index (χ3v) is 1.04. The van der Waals surface area contributed by atoms with Crippen LogP contribution >= 0.6 is 0 Å². The average Bonchev–Trinajstić information content (AvgIpc) is 2.14. The highest BCUT2D eigenvalue weighted by molar-refractivity contribution is 5.86. The summed E-state index contributed by atoms with van der Waals surface area (Å²) in [5.41, 5.74) is 0.289. The zero-order chi connectivity index (χ0) is 6.85. The molecule has 9 heavy (non-hydrogen) atoms. The lowest BCUT2D eigenvalue weighted by atomic mass is 10.3. The summed E-state index contributed by atoms with van der Waals surface area (Å²) in [6, 6.07) is 0. The van der Waals surface area contributed by atoms with Gasteiger partial charge in [0.1, 0.15) is 6.61 Å². The molecule has 1 rings (SSSR count). The molecule has 4 nitrogen and oxygen atoms in total. The fourth-order valence-electron chi connectivity index (χ4n) is 0.582. The van der Waals surface area contributed by atoms with E-state index in [1.807, 2.05) is 0 Å². The maximum atomic E-state index is 10.2. The smallest absolute Gasteiger partial charge is 0.335 e. The number of rotatable bonds is 1. The number of carboxylic acids is 1. The maximum absolute atomic E-state index is 10.2. The van der Waals surface area contributed by atoms with E-state index in [9.17, 15) is 4.79 Å². The SMILES string of the molecule is CN1C=C(C(=O)O)CO1. The molecule has 50 valence electrons. The minimum Gasteiger partial charge on any atom is -0.478 e. The van der Waals surface area contributed by atoms with Crippen molar-refractivity contribution < 1.29 is 14.7 Å². The van der Waals surface area contributed by atoms with Crippen molar-refractivity contribution in [1.82, 2.24) is 5.06 Å². The number of nitrogens with zero attached hydrogens (tertiary/aromatic N) is 1. The molecular formula is C5H7NO3. The summed E-state index contributed by atoms with van der Waals surface area (Å²) in [6.07, 6.45) is 1.45. The van der Waals surface area contributed by atoms with Gasteiger partial charge in [0.25, 0.3) is 0 Å². The first-order valence-corrected chi connectivity index (χ1v) is 2.50. The van der Waals surface area contributed by atoms with Crippen LogP contribution in [0.3, 0.4) is 0 Å². The van der Waals surface area contributed by atoms with E-state index in [1.165, 1.54) is 11.3 Å².